The van der Waals surface area contributed by atoms with Crippen LogP contribution in [0.2, 0.25) is 0 Å². The number of fused-ring (bicyclic) bond motifs is 1. The van der Waals surface area contributed by atoms with E-state index < -0.39 is 5.91 Å². The SMILES string of the molecule is CCOC(=O)Cn1c(C)c(/C=C(\C#N)C(N)=O)c2ccccc21. The van der Waals surface area contributed by atoms with Crippen molar-refractivity contribution in [2.75, 3.05) is 6.61 Å². The molecule has 0 aliphatic heterocycles. The van der Waals surface area contributed by atoms with Gasteiger partial charge in [0.05, 0.1) is 6.61 Å². The summed E-state index contributed by atoms with van der Waals surface area (Å²) in [6.45, 7) is 3.94. The van der Waals surface area contributed by atoms with Crippen molar-refractivity contribution in [2.24, 2.45) is 5.73 Å². The minimum absolute atomic E-state index is 0.0620. The highest BCUT2D eigenvalue weighted by molar-refractivity contribution is 6.03. The second-order valence-corrected chi connectivity index (χ2v) is 4.94. The van der Waals surface area contributed by atoms with Crippen LogP contribution in [0.25, 0.3) is 17.0 Å². The number of nitrogens with zero attached hydrogens (tertiary/aromatic N) is 2. The van der Waals surface area contributed by atoms with E-state index in [-0.39, 0.29) is 18.1 Å². The van der Waals surface area contributed by atoms with Gasteiger partial charge in [-0.1, -0.05) is 18.2 Å². The first kappa shape index (κ1) is 16.3. The van der Waals surface area contributed by atoms with Crippen LogP contribution in [0.3, 0.4) is 0 Å². The molecule has 0 atom stereocenters. The van der Waals surface area contributed by atoms with E-state index in [9.17, 15) is 9.59 Å². The van der Waals surface area contributed by atoms with Gasteiger partial charge in [-0.3, -0.25) is 9.59 Å². The first-order valence-electron chi connectivity index (χ1n) is 7.14. The molecular formula is C17H17N3O3. The van der Waals surface area contributed by atoms with Crippen LogP contribution in [0.15, 0.2) is 29.8 Å². The standard InChI is InChI=1S/C17H17N3O3/c1-3-23-16(21)10-20-11(2)14(8-12(9-18)17(19)22)13-6-4-5-7-15(13)20/h4-8H,3,10H2,1-2H3,(H2,19,22)/b12-8+. The van der Waals surface area contributed by atoms with E-state index in [4.69, 9.17) is 15.7 Å². The molecule has 23 heavy (non-hydrogen) atoms. The third-order valence-electron chi connectivity index (χ3n) is 3.55. The van der Waals surface area contributed by atoms with E-state index in [0.717, 1.165) is 16.6 Å². The molecule has 1 aromatic carbocycles. The van der Waals surface area contributed by atoms with Crippen LogP contribution in [-0.4, -0.2) is 23.1 Å². The van der Waals surface area contributed by atoms with Crippen LogP contribution in [0.5, 0.6) is 0 Å². The lowest BCUT2D eigenvalue weighted by Gasteiger charge is -2.07. The quantitative estimate of drug-likeness (QED) is 0.518. The second-order valence-electron chi connectivity index (χ2n) is 4.94. The third-order valence-corrected chi connectivity index (χ3v) is 3.55. The van der Waals surface area contributed by atoms with Gasteiger partial charge in [0.25, 0.3) is 5.91 Å². The molecule has 0 fully saturated rings. The fraction of sp³-hybridized carbons (Fsp3) is 0.235. The largest absolute Gasteiger partial charge is 0.465 e. The molecule has 1 amide bonds. The molecular weight excluding hydrogens is 294 g/mol. The molecule has 0 radical (unpaired) electrons. The average Bonchev–Trinajstić information content (AvgIpc) is 2.77. The summed E-state index contributed by atoms with van der Waals surface area (Å²) in [4.78, 5) is 23.1. The Bertz CT molecular complexity index is 841. The Morgan fingerprint density at radius 1 is 1.39 bits per heavy atom. The number of ether oxygens (including phenoxy) is 1. The highest BCUT2D eigenvalue weighted by atomic mass is 16.5. The topological polar surface area (TPSA) is 98.1 Å². The Labute approximate surface area is 133 Å². The number of hydrogen-bond acceptors (Lipinski definition) is 4. The van der Waals surface area contributed by atoms with Crippen molar-refractivity contribution >= 4 is 28.9 Å². The smallest absolute Gasteiger partial charge is 0.325 e. The van der Waals surface area contributed by atoms with E-state index in [1.165, 1.54) is 6.08 Å². The molecule has 2 aromatic rings. The van der Waals surface area contributed by atoms with Gasteiger partial charge in [0.2, 0.25) is 0 Å². The van der Waals surface area contributed by atoms with Crippen LogP contribution < -0.4 is 5.73 Å². The van der Waals surface area contributed by atoms with E-state index in [0.29, 0.717) is 12.2 Å². The summed E-state index contributed by atoms with van der Waals surface area (Å²) in [7, 11) is 0. The van der Waals surface area contributed by atoms with Gasteiger partial charge in [0.15, 0.2) is 0 Å². The minimum atomic E-state index is -0.783. The predicted octanol–water partition coefficient (Wildman–Crippen LogP) is 1.91. The van der Waals surface area contributed by atoms with Crippen molar-refractivity contribution in [2.45, 2.75) is 20.4 Å². The maximum Gasteiger partial charge on any atom is 0.325 e. The van der Waals surface area contributed by atoms with Gasteiger partial charge in [0.1, 0.15) is 18.2 Å². The molecule has 0 spiro atoms. The third kappa shape index (κ3) is 3.24. The molecule has 0 saturated heterocycles. The number of hydrogen-bond donors (Lipinski definition) is 1. The number of benzene rings is 1. The Morgan fingerprint density at radius 2 is 2.09 bits per heavy atom. The first-order chi connectivity index (χ1) is 11.0. The summed E-state index contributed by atoms with van der Waals surface area (Å²) >= 11 is 0. The first-order valence-corrected chi connectivity index (χ1v) is 7.14. The second kappa shape index (κ2) is 6.79. The number of carbonyl (C=O) groups excluding carboxylic acids is 2. The van der Waals surface area contributed by atoms with Crippen LogP contribution in [0.1, 0.15) is 18.2 Å². The van der Waals surface area contributed by atoms with Crippen LogP contribution in [0, 0.1) is 18.3 Å². The number of nitrogens with two attached hydrogens (primary N) is 1. The van der Waals surface area contributed by atoms with Gasteiger partial charge in [-0.25, -0.2) is 0 Å². The van der Waals surface area contributed by atoms with Crippen molar-refractivity contribution in [3.05, 3.63) is 41.1 Å². The van der Waals surface area contributed by atoms with Gasteiger partial charge < -0.3 is 15.0 Å². The monoisotopic (exact) mass is 311 g/mol. The molecule has 1 heterocycles. The summed E-state index contributed by atoms with van der Waals surface area (Å²) in [6.07, 6.45) is 1.46. The Balaban J connectivity index is 2.63. The van der Waals surface area contributed by atoms with Crippen LogP contribution in [0.4, 0.5) is 0 Å². The van der Waals surface area contributed by atoms with Crippen molar-refractivity contribution < 1.29 is 14.3 Å². The molecule has 6 heteroatoms. The Kier molecular flexibility index (Phi) is 4.82. The number of amides is 1. The lowest BCUT2D eigenvalue weighted by molar-refractivity contribution is -0.143. The molecule has 0 aliphatic carbocycles. The van der Waals surface area contributed by atoms with Crippen LogP contribution >= 0.6 is 0 Å². The maximum atomic E-state index is 11.8. The Morgan fingerprint density at radius 3 is 2.70 bits per heavy atom. The molecule has 2 rings (SSSR count). The Hall–Kier alpha value is -3.07. The number of aromatic nitrogens is 1. The minimum Gasteiger partial charge on any atom is -0.465 e. The number of primary amides is 1. The molecule has 0 aliphatic rings. The summed E-state index contributed by atoms with van der Waals surface area (Å²) in [5, 5.41) is 9.88. The number of rotatable bonds is 5. The van der Waals surface area contributed by atoms with Crippen molar-refractivity contribution in [3.63, 3.8) is 0 Å². The van der Waals surface area contributed by atoms with Gasteiger partial charge >= 0.3 is 5.97 Å². The number of esters is 1. The number of para-hydroxylation sites is 1. The molecule has 6 nitrogen and oxygen atoms in total. The van der Waals surface area contributed by atoms with Crippen molar-refractivity contribution in [3.8, 4) is 6.07 Å². The predicted molar refractivity (Wildman–Crippen MR) is 86.1 cm³/mol. The van der Waals surface area contributed by atoms with Crippen molar-refractivity contribution in [1.29, 1.82) is 5.26 Å². The van der Waals surface area contributed by atoms with Gasteiger partial charge in [0, 0.05) is 22.2 Å². The number of nitriles is 1. The average molecular weight is 311 g/mol. The zero-order valence-electron chi connectivity index (χ0n) is 13.0. The molecule has 0 unspecified atom stereocenters. The molecule has 1 aromatic heterocycles. The zero-order valence-corrected chi connectivity index (χ0v) is 13.0. The molecule has 0 bridgehead atoms. The zero-order chi connectivity index (χ0) is 17.0. The highest BCUT2D eigenvalue weighted by Gasteiger charge is 2.16. The van der Waals surface area contributed by atoms with E-state index >= 15 is 0 Å². The summed E-state index contributed by atoms with van der Waals surface area (Å²) in [5.74, 6) is -1.13. The molecule has 2 N–H and O–H groups in total. The van der Waals surface area contributed by atoms with Gasteiger partial charge in [-0.2, -0.15) is 5.26 Å². The number of carbonyl (C=O) groups is 2. The van der Waals surface area contributed by atoms with E-state index in [1.807, 2.05) is 31.2 Å². The fourth-order valence-corrected chi connectivity index (χ4v) is 2.48. The highest BCUT2D eigenvalue weighted by Crippen LogP contribution is 2.28. The van der Waals surface area contributed by atoms with Crippen molar-refractivity contribution in [1.82, 2.24) is 4.57 Å². The van der Waals surface area contributed by atoms with Gasteiger partial charge in [-0.05, 0) is 26.0 Å². The lowest BCUT2D eigenvalue weighted by Crippen LogP contribution is -2.14. The fourth-order valence-electron chi connectivity index (χ4n) is 2.48. The van der Waals surface area contributed by atoms with E-state index in [2.05, 4.69) is 0 Å². The summed E-state index contributed by atoms with van der Waals surface area (Å²) < 4.78 is 6.80. The molecule has 118 valence electrons. The molecule has 0 saturated carbocycles. The maximum absolute atomic E-state index is 11.8. The lowest BCUT2D eigenvalue weighted by atomic mass is 10.1. The van der Waals surface area contributed by atoms with Crippen LogP contribution in [-0.2, 0) is 20.9 Å². The van der Waals surface area contributed by atoms with E-state index in [1.54, 1.807) is 17.6 Å². The normalized spacial score (nSPS) is 11.3. The van der Waals surface area contributed by atoms with Gasteiger partial charge in [-0.15, -0.1) is 0 Å². The summed E-state index contributed by atoms with van der Waals surface area (Å²) in [5.41, 5.74) is 7.35. The summed E-state index contributed by atoms with van der Waals surface area (Å²) in [6, 6.07) is 9.24.